The zero-order valence-corrected chi connectivity index (χ0v) is 11.2. The second-order valence-corrected chi connectivity index (χ2v) is 4.65. The first-order valence-electron chi connectivity index (χ1n) is 5.90. The third-order valence-corrected chi connectivity index (χ3v) is 3.08. The molecule has 0 bridgehead atoms. The molecule has 8 heteroatoms. The van der Waals surface area contributed by atoms with Gasteiger partial charge in [-0.05, 0) is 18.2 Å². The first-order chi connectivity index (χ1) is 9.47. The Morgan fingerprint density at radius 2 is 2.20 bits per heavy atom. The third kappa shape index (κ3) is 3.18. The van der Waals surface area contributed by atoms with Gasteiger partial charge in [-0.2, -0.15) is 0 Å². The summed E-state index contributed by atoms with van der Waals surface area (Å²) >= 11 is 5.92. The zero-order chi connectivity index (χ0) is 14.7. The van der Waals surface area contributed by atoms with Gasteiger partial charge < -0.3 is 16.4 Å². The van der Waals surface area contributed by atoms with E-state index in [0.29, 0.717) is 16.4 Å². The minimum absolute atomic E-state index is 0.000134. The Kier molecular flexibility index (Phi) is 4.09. The zero-order valence-electron chi connectivity index (χ0n) is 10.5. The highest BCUT2D eigenvalue weighted by atomic mass is 35.5. The molecule has 0 spiro atoms. The molecule has 2 rings (SSSR count). The maximum Gasteiger partial charge on any atom is 0.324 e. The fraction of sp³-hybridized carbons (Fsp3) is 0.250. The number of anilines is 2. The van der Waals surface area contributed by atoms with E-state index in [-0.39, 0.29) is 31.3 Å². The van der Waals surface area contributed by atoms with Gasteiger partial charge in [0.2, 0.25) is 11.8 Å². The molecule has 106 valence electrons. The molecule has 4 N–H and O–H groups in total. The lowest BCUT2D eigenvalue weighted by molar-refractivity contribution is -0.125. The van der Waals surface area contributed by atoms with Crippen LogP contribution in [0.25, 0.3) is 0 Å². The summed E-state index contributed by atoms with van der Waals surface area (Å²) in [5.41, 5.74) is 6.47. The summed E-state index contributed by atoms with van der Waals surface area (Å²) in [6.07, 6.45) is -0.000134. The molecule has 4 amide bonds. The van der Waals surface area contributed by atoms with E-state index in [1.165, 1.54) is 6.07 Å². The van der Waals surface area contributed by atoms with Crippen LogP contribution in [0.5, 0.6) is 0 Å². The van der Waals surface area contributed by atoms with E-state index in [1.807, 2.05) is 0 Å². The fourth-order valence-corrected chi connectivity index (χ4v) is 1.98. The van der Waals surface area contributed by atoms with Crippen LogP contribution < -0.4 is 16.4 Å². The van der Waals surface area contributed by atoms with Crippen molar-refractivity contribution in [2.24, 2.45) is 0 Å². The quantitative estimate of drug-likeness (QED) is 0.564. The number of benzene rings is 1. The Labute approximate surface area is 120 Å². The number of carbonyl (C=O) groups is 3. The second-order valence-electron chi connectivity index (χ2n) is 4.24. The molecule has 0 atom stereocenters. The maximum absolute atomic E-state index is 11.7. The van der Waals surface area contributed by atoms with Crippen molar-refractivity contribution in [1.29, 1.82) is 0 Å². The first-order valence-corrected chi connectivity index (χ1v) is 6.28. The van der Waals surface area contributed by atoms with Crippen LogP contribution in [0.4, 0.5) is 16.2 Å². The molecular formula is C12H13ClN4O3. The van der Waals surface area contributed by atoms with Crippen molar-refractivity contribution in [2.45, 2.75) is 6.42 Å². The third-order valence-electron chi connectivity index (χ3n) is 2.77. The Morgan fingerprint density at radius 3 is 2.80 bits per heavy atom. The predicted molar refractivity (Wildman–Crippen MR) is 74.2 cm³/mol. The van der Waals surface area contributed by atoms with E-state index in [4.69, 9.17) is 17.3 Å². The van der Waals surface area contributed by atoms with Gasteiger partial charge in [-0.15, -0.1) is 0 Å². The van der Waals surface area contributed by atoms with E-state index in [2.05, 4.69) is 10.6 Å². The van der Waals surface area contributed by atoms with Crippen molar-refractivity contribution < 1.29 is 14.4 Å². The van der Waals surface area contributed by atoms with Gasteiger partial charge in [0, 0.05) is 18.7 Å². The molecule has 0 aliphatic carbocycles. The molecule has 1 aliphatic heterocycles. The van der Waals surface area contributed by atoms with Crippen molar-refractivity contribution >= 4 is 40.8 Å². The summed E-state index contributed by atoms with van der Waals surface area (Å²) in [6.45, 7) is 0.00728. The molecule has 1 heterocycles. The number of halogens is 1. The first kappa shape index (κ1) is 14.1. The molecular weight excluding hydrogens is 284 g/mol. The fourth-order valence-electron chi connectivity index (χ4n) is 1.74. The molecule has 1 aromatic rings. The monoisotopic (exact) mass is 296 g/mol. The number of rotatable bonds is 4. The van der Waals surface area contributed by atoms with Crippen LogP contribution in [0.15, 0.2) is 18.2 Å². The summed E-state index contributed by atoms with van der Waals surface area (Å²) < 4.78 is 0. The minimum atomic E-state index is -0.478. The van der Waals surface area contributed by atoms with Crippen molar-refractivity contribution in [3.8, 4) is 0 Å². The van der Waals surface area contributed by atoms with Crippen LogP contribution in [-0.2, 0) is 9.59 Å². The van der Waals surface area contributed by atoms with Crippen LogP contribution in [0, 0.1) is 0 Å². The van der Waals surface area contributed by atoms with Gasteiger partial charge in [-0.3, -0.25) is 14.5 Å². The second kappa shape index (κ2) is 5.79. The van der Waals surface area contributed by atoms with Crippen molar-refractivity contribution in [3.05, 3.63) is 23.2 Å². The van der Waals surface area contributed by atoms with E-state index in [9.17, 15) is 14.4 Å². The van der Waals surface area contributed by atoms with Crippen LogP contribution in [0.2, 0.25) is 5.02 Å². The van der Waals surface area contributed by atoms with Crippen molar-refractivity contribution in [1.82, 2.24) is 10.2 Å². The Bertz CT molecular complexity index is 560. The minimum Gasteiger partial charge on any atom is -0.399 e. The number of hydrogen-bond acceptors (Lipinski definition) is 4. The highest BCUT2D eigenvalue weighted by molar-refractivity contribution is 6.34. The molecule has 7 nitrogen and oxygen atoms in total. The van der Waals surface area contributed by atoms with Crippen LogP contribution in [0.1, 0.15) is 6.42 Å². The van der Waals surface area contributed by atoms with Crippen LogP contribution in [0.3, 0.4) is 0 Å². The molecule has 0 radical (unpaired) electrons. The van der Waals surface area contributed by atoms with Gasteiger partial charge in [-0.25, -0.2) is 4.79 Å². The van der Waals surface area contributed by atoms with Crippen LogP contribution >= 0.6 is 11.6 Å². The number of imide groups is 1. The van der Waals surface area contributed by atoms with Crippen molar-refractivity contribution in [2.75, 3.05) is 24.1 Å². The van der Waals surface area contributed by atoms with E-state index in [0.717, 1.165) is 4.90 Å². The highest BCUT2D eigenvalue weighted by Crippen LogP contribution is 2.24. The number of nitrogens with two attached hydrogens (primary N) is 1. The largest absolute Gasteiger partial charge is 0.399 e. The summed E-state index contributed by atoms with van der Waals surface area (Å²) in [4.78, 5) is 35.4. The van der Waals surface area contributed by atoms with Crippen molar-refractivity contribution in [3.63, 3.8) is 0 Å². The number of amides is 4. The Balaban J connectivity index is 1.89. The lowest BCUT2D eigenvalue weighted by Crippen LogP contribution is -2.33. The molecule has 0 saturated carbocycles. The van der Waals surface area contributed by atoms with Gasteiger partial charge in [0.15, 0.2) is 0 Å². The smallest absolute Gasteiger partial charge is 0.324 e. The molecule has 1 saturated heterocycles. The number of nitrogen functional groups attached to an aromatic ring is 1. The summed E-state index contributed by atoms with van der Waals surface area (Å²) in [7, 11) is 0. The molecule has 1 fully saturated rings. The number of hydrogen-bond donors (Lipinski definition) is 3. The lowest BCUT2D eigenvalue weighted by Gasteiger charge is -2.12. The summed E-state index contributed by atoms with van der Waals surface area (Å²) in [5, 5.41) is 5.30. The molecule has 1 aromatic carbocycles. The van der Waals surface area contributed by atoms with Crippen LogP contribution in [-0.4, -0.2) is 35.8 Å². The average Bonchev–Trinajstić information content (AvgIpc) is 2.70. The Hall–Kier alpha value is -2.28. The number of urea groups is 1. The highest BCUT2D eigenvalue weighted by Gasteiger charge is 2.28. The number of carbonyl (C=O) groups excluding carboxylic acids is 3. The summed E-state index contributed by atoms with van der Waals surface area (Å²) in [6, 6.07) is 4.24. The standard InChI is InChI=1S/C12H13ClN4O3/c13-8-5-7(14)1-2-9(8)16-10(18)3-4-17-11(19)6-15-12(17)20/h1-2,5H,3-4,6,14H2,(H,15,20)(H,16,18). The van der Waals surface area contributed by atoms with E-state index in [1.54, 1.807) is 12.1 Å². The summed E-state index contributed by atoms with van der Waals surface area (Å²) in [5.74, 6) is -0.683. The SMILES string of the molecule is Nc1ccc(NC(=O)CCN2C(=O)CNC2=O)c(Cl)c1. The molecule has 20 heavy (non-hydrogen) atoms. The molecule has 1 aliphatic rings. The van der Waals surface area contributed by atoms with E-state index < -0.39 is 6.03 Å². The Morgan fingerprint density at radius 1 is 1.45 bits per heavy atom. The van der Waals surface area contributed by atoms with Gasteiger partial charge in [0.05, 0.1) is 17.3 Å². The molecule has 0 unspecified atom stereocenters. The van der Waals surface area contributed by atoms with Gasteiger partial charge >= 0.3 is 6.03 Å². The van der Waals surface area contributed by atoms with Gasteiger partial charge in [0.1, 0.15) is 0 Å². The predicted octanol–water partition coefficient (Wildman–Crippen LogP) is 0.803. The maximum atomic E-state index is 11.7. The normalized spacial score (nSPS) is 14.3. The van der Waals surface area contributed by atoms with E-state index >= 15 is 0 Å². The lowest BCUT2D eigenvalue weighted by atomic mass is 10.2. The van der Waals surface area contributed by atoms with Gasteiger partial charge in [-0.1, -0.05) is 11.6 Å². The number of nitrogens with one attached hydrogen (secondary N) is 2. The topological polar surface area (TPSA) is 105 Å². The number of nitrogens with zero attached hydrogens (tertiary/aromatic N) is 1. The average molecular weight is 297 g/mol. The van der Waals surface area contributed by atoms with Gasteiger partial charge in [0.25, 0.3) is 0 Å². The molecule has 0 aromatic heterocycles.